The molecule has 250 valence electrons. The van der Waals surface area contributed by atoms with Crippen LogP contribution in [0.25, 0.3) is 53.8 Å². The summed E-state index contributed by atoms with van der Waals surface area (Å²) in [6, 6.07) is 38.6. The van der Waals surface area contributed by atoms with Gasteiger partial charge in [-0.1, -0.05) is 120 Å². The highest BCUT2D eigenvalue weighted by atomic mass is 32.1. The molecule has 0 bridgehead atoms. The Morgan fingerprint density at radius 2 is 1.40 bits per heavy atom. The third-order valence-electron chi connectivity index (χ3n) is 9.60. The molecule has 0 amide bonds. The molecule has 0 fully saturated rings. The summed E-state index contributed by atoms with van der Waals surface area (Å²) in [6.45, 7) is 17.7. The van der Waals surface area contributed by atoms with Crippen molar-refractivity contribution in [3.05, 3.63) is 137 Å². The number of rotatable bonds is 5. The van der Waals surface area contributed by atoms with E-state index in [4.69, 9.17) is 9.98 Å². The summed E-state index contributed by atoms with van der Waals surface area (Å²) in [4.78, 5) is 10.5. The molecule has 4 heteroatoms. The zero-order valence-electron chi connectivity index (χ0n) is 30.2. The monoisotopic (exact) mass is 672 g/mol. The second-order valence-corrected chi connectivity index (χ2v) is 16.5. The minimum atomic E-state index is -0.0517. The molecular formula is C46H44N2OS. The predicted molar refractivity (Wildman–Crippen MR) is 216 cm³/mol. The van der Waals surface area contributed by atoms with Gasteiger partial charge in [0, 0.05) is 28.3 Å². The van der Waals surface area contributed by atoms with E-state index in [1.165, 1.54) is 27.8 Å². The van der Waals surface area contributed by atoms with Crippen LogP contribution < -0.4 is 0 Å². The van der Waals surface area contributed by atoms with Crippen LogP contribution in [0.5, 0.6) is 5.75 Å². The van der Waals surface area contributed by atoms with Crippen molar-refractivity contribution in [2.45, 2.75) is 66.2 Å². The van der Waals surface area contributed by atoms with E-state index < -0.39 is 0 Å². The number of phenols is 1. The van der Waals surface area contributed by atoms with Crippen molar-refractivity contribution in [1.29, 1.82) is 0 Å². The lowest BCUT2D eigenvalue weighted by molar-refractivity contribution is 0.473. The zero-order chi connectivity index (χ0) is 35.4. The molecule has 3 nitrogen and oxygen atoms in total. The summed E-state index contributed by atoms with van der Waals surface area (Å²) in [5, 5.41) is 13.9. The third kappa shape index (κ3) is 6.48. The van der Waals surface area contributed by atoms with Crippen LogP contribution in [0.4, 0.5) is 5.69 Å². The molecule has 7 aromatic rings. The Hall–Kier alpha value is -5.06. The van der Waals surface area contributed by atoms with E-state index in [0.29, 0.717) is 5.56 Å². The first-order valence-corrected chi connectivity index (χ1v) is 18.1. The number of aromatic nitrogens is 1. The lowest BCUT2D eigenvalue weighted by Crippen LogP contribution is -2.11. The van der Waals surface area contributed by atoms with Crippen molar-refractivity contribution in [2.24, 2.45) is 4.99 Å². The van der Waals surface area contributed by atoms with Gasteiger partial charge in [-0.2, -0.15) is 0 Å². The molecular weight excluding hydrogens is 629 g/mol. The Morgan fingerprint density at radius 3 is 2.16 bits per heavy atom. The number of aryl methyl sites for hydroxylation is 2. The second-order valence-electron chi connectivity index (χ2n) is 15.5. The molecule has 0 atom stereocenters. The highest BCUT2D eigenvalue weighted by molar-refractivity contribution is 7.21. The number of phenolic OH excluding ortho intramolecular Hbond substituents is 1. The molecule has 0 spiro atoms. The van der Waals surface area contributed by atoms with E-state index in [9.17, 15) is 5.11 Å². The second kappa shape index (κ2) is 12.7. The van der Waals surface area contributed by atoms with Crippen LogP contribution >= 0.6 is 11.3 Å². The normalized spacial score (nSPS) is 12.4. The van der Waals surface area contributed by atoms with Crippen LogP contribution in [0.1, 0.15) is 69.4 Å². The van der Waals surface area contributed by atoms with Crippen LogP contribution in [-0.2, 0) is 10.8 Å². The topological polar surface area (TPSA) is 45.5 Å². The molecule has 6 aromatic carbocycles. The highest BCUT2D eigenvalue weighted by Crippen LogP contribution is 2.44. The third-order valence-corrected chi connectivity index (χ3v) is 10.6. The van der Waals surface area contributed by atoms with E-state index in [1.807, 2.05) is 12.1 Å². The molecule has 0 unspecified atom stereocenters. The Labute approximate surface area is 300 Å². The maximum absolute atomic E-state index is 10.8. The van der Waals surface area contributed by atoms with Crippen molar-refractivity contribution in [2.75, 3.05) is 0 Å². The Bertz CT molecular complexity index is 2430. The fourth-order valence-corrected chi connectivity index (χ4v) is 7.58. The average Bonchev–Trinajstić information content (AvgIpc) is 3.52. The molecule has 7 rings (SSSR count). The zero-order valence-corrected chi connectivity index (χ0v) is 31.0. The molecule has 0 saturated heterocycles. The Morgan fingerprint density at radius 1 is 0.660 bits per heavy atom. The first kappa shape index (κ1) is 33.4. The van der Waals surface area contributed by atoms with E-state index in [-0.39, 0.29) is 16.6 Å². The number of thiazole rings is 1. The summed E-state index contributed by atoms with van der Waals surface area (Å²) in [5.41, 5.74) is 13.1. The SMILES string of the molecule is Cc1ccc(C)c(-c2cccc(-c3cc(C(C)(C)C)cc4sc(-c5ccc6ccccc6c5N=Cc5cc(C(C)(C)C)ccc5O)nc34)c2)c1. The Balaban J connectivity index is 1.42. The van der Waals surface area contributed by atoms with E-state index in [2.05, 4.69) is 146 Å². The van der Waals surface area contributed by atoms with Gasteiger partial charge >= 0.3 is 0 Å². The fourth-order valence-electron chi connectivity index (χ4n) is 6.52. The fraction of sp³-hybridized carbons (Fsp3) is 0.217. The van der Waals surface area contributed by atoms with Crippen LogP contribution in [0.2, 0.25) is 0 Å². The first-order valence-electron chi connectivity index (χ1n) is 17.3. The maximum atomic E-state index is 10.8. The number of aromatic hydroxyl groups is 1. The summed E-state index contributed by atoms with van der Waals surface area (Å²) in [7, 11) is 0. The smallest absolute Gasteiger partial charge is 0.126 e. The number of aliphatic imine (C=N–C) groups is 1. The number of benzene rings is 6. The molecule has 0 aliphatic heterocycles. The standard InChI is InChI=1S/C46H44N2OS/c1-28-16-17-29(2)38(22-28)31-13-11-14-32(23-31)39-25-35(46(6,7)8)26-41-43(39)48-44(50-41)37-20-18-30-12-9-10-15-36(30)42(37)47-27-33-24-34(45(3,4)5)19-21-40(33)49/h9-27,49H,1-8H3. The average molecular weight is 673 g/mol. The summed E-state index contributed by atoms with van der Waals surface area (Å²) >= 11 is 1.71. The van der Waals surface area contributed by atoms with Crippen molar-refractivity contribution >= 4 is 44.2 Å². The number of fused-ring (bicyclic) bond motifs is 2. The Kier molecular flexibility index (Phi) is 8.48. The highest BCUT2D eigenvalue weighted by Gasteiger charge is 2.22. The molecule has 0 aliphatic rings. The molecule has 0 saturated carbocycles. The molecule has 0 radical (unpaired) electrons. The van der Waals surface area contributed by atoms with E-state index in [1.54, 1.807) is 23.6 Å². The summed E-state index contributed by atoms with van der Waals surface area (Å²) < 4.78 is 1.15. The molecule has 1 heterocycles. The van der Waals surface area contributed by atoms with Gasteiger partial charge in [0.15, 0.2) is 0 Å². The van der Waals surface area contributed by atoms with Gasteiger partial charge < -0.3 is 5.11 Å². The van der Waals surface area contributed by atoms with E-state index in [0.717, 1.165) is 53.9 Å². The number of nitrogens with zero attached hydrogens (tertiary/aromatic N) is 2. The van der Waals surface area contributed by atoms with Gasteiger partial charge in [-0.3, -0.25) is 4.99 Å². The van der Waals surface area contributed by atoms with Gasteiger partial charge in [0.05, 0.1) is 15.9 Å². The largest absolute Gasteiger partial charge is 0.507 e. The molecule has 1 aromatic heterocycles. The van der Waals surface area contributed by atoms with Crippen LogP contribution in [0, 0.1) is 13.8 Å². The van der Waals surface area contributed by atoms with Crippen molar-refractivity contribution in [3.8, 4) is 38.6 Å². The van der Waals surface area contributed by atoms with Crippen LogP contribution in [0.3, 0.4) is 0 Å². The summed E-state index contributed by atoms with van der Waals surface area (Å²) in [6.07, 6.45) is 1.80. The lowest BCUT2D eigenvalue weighted by Gasteiger charge is -2.20. The molecule has 1 N–H and O–H groups in total. The predicted octanol–water partition coefficient (Wildman–Crippen LogP) is 13.1. The van der Waals surface area contributed by atoms with Gasteiger partial charge in [-0.05, 0) is 99.8 Å². The van der Waals surface area contributed by atoms with Gasteiger partial charge in [-0.15, -0.1) is 11.3 Å². The summed E-state index contributed by atoms with van der Waals surface area (Å²) in [5.74, 6) is 0.214. The quantitative estimate of drug-likeness (QED) is 0.185. The van der Waals surface area contributed by atoms with Crippen molar-refractivity contribution < 1.29 is 5.11 Å². The minimum absolute atomic E-state index is 0.0418. The van der Waals surface area contributed by atoms with Crippen molar-refractivity contribution in [3.63, 3.8) is 0 Å². The lowest BCUT2D eigenvalue weighted by atomic mass is 9.85. The van der Waals surface area contributed by atoms with Gasteiger partial charge in [-0.25, -0.2) is 4.98 Å². The number of hydrogen-bond acceptors (Lipinski definition) is 4. The number of hydrogen-bond donors (Lipinski definition) is 1. The maximum Gasteiger partial charge on any atom is 0.126 e. The first-order chi connectivity index (χ1) is 23.8. The van der Waals surface area contributed by atoms with Gasteiger partial charge in [0.25, 0.3) is 0 Å². The van der Waals surface area contributed by atoms with Gasteiger partial charge in [0.2, 0.25) is 0 Å². The molecule has 0 aliphatic carbocycles. The van der Waals surface area contributed by atoms with Crippen LogP contribution in [-0.4, -0.2) is 16.3 Å². The van der Waals surface area contributed by atoms with Gasteiger partial charge in [0.1, 0.15) is 10.8 Å². The minimum Gasteiger partial charge on any atom is -0.507 e. The molecule has 50 heavy (non-hydrogen) atoms. The van der Waals surface area contributed by atoms with Crippen LogP contribution in [0.15, 0.2) is 114 Å². The van der Waals surface area contributed by atoms with E-state index >= 15 is 0 Å². The van der Waals surface area contributed by atoms with Crippen molar-refractivity contribution in [1.82, 2.24) is 4.98 Å².